The molecule has 2 aromatic rings. The molecule has 2 amide bonds. The molecule has 4 rings (SSSR count). The highest BCUT2D eigenvalue weighted by Gasteiger charge is 2.41. The number of benzene rings is 2. The van der Waals surface area contributed by atoms with Crippen LogP contribution in [0, 0.1) is 0 Å². The number of amides is 2. The molecule has 1 N–H and O–H groups in total. The van der Waals surface area contributed by atoms with Crippen molar-refractivity contribution in [3.05, 3.63) is 69.6 Å². The fourth-order valence-corrected chi connectivity index (χ4v) is 6.02. The summed E-state index contributed by atoms with van der Waals surface area (Å²) in [5.74, 6) is 0.619. The minimum atomic E-state index is -0.114. The van der Waals surface area contributed by atoms with Crippen LogP contribution in [0.3, 0.4) is 0 Å². The first kappa shape index (κ1) is 23.7. The van der Waals surface area contributed by atoms with Gasteiger partial charge in [-0.3, -0.25) is 9.59 Å². The standard InChI is InChI=1S/C26H29ClN2O3S/c1-32-21-12-8-19(9-13-21)16-24-26(31)29(22-4-2-3-5-23(22)33-24)17-25(30)28-15-14-18-6-10-20(27)11-7-18/h6-13,16,22-23H,2-5,14-15,17H2,1H3,(H,28,30)/b24-16-. The minimum absolute atomic E-state index is 0.0492. The van der Waals surface area contributed by atoms with Crippen LogP contribution < -0.4 is 10.1 Å². The zero-order valence-corrected chi connectivity index (χ0v) is 20.3. The molecule has 1 heterocycles. The quantitative estimate of drug-likeness (QED) is 0.566. The van der Waals surface area contributed by atoms with Crippen LogP contribution in [0.5, 0.6) is 5.75 Å². The molecule has 1 aliphatic heterocycles. The predicted molar refractivity (Wildman–Crippen MR) is 134 cm³/mol. The van der Waals surface area contributed by atoms with E-state index >= 15 is 0 Å². The van der Waals surface area contributed by atoms with Gasteiger partial charge in [-0.15, -0.1) is 11.8 Å². The molecule has 7 heteroatoms. The molecular weight excluding hydrogens is 456 g/mol. The van der Waals surface area contributed by atoms with E-state index in [1.54, 1.807) is 23.8 Å². The molecule has 174 valence electrons. The molecule has 2 aromatic carbocycles. The van der Waals surface area contributed by atoms with Crippen molar-refractivity contribution in [3.63, 3.8) is 0 Å². The number of carbonyl (C=O) groups is 2. The van der Waals surface area contributed by atoms with Crippen molar-refractivity contribution in [1.29, 1.82) is 0 Å². The van der Waals surface area contributed by atoms with E-state index in [1.807, 2.05) is 54.6 Å². The Kier molecular flexibility index (Phi) is 7.99. The number of nitrogens with one attached hydrogen (secondary N) is 1. The smallest absolute Gasteiger partial charge is 0.261 e. The van der Waals surface area contributed by atoms with Crippen molar-refractivity contribution < 1.29 is 14.3 Å². The summed E-state index contributed by atoms with van der Waals surface area (Å²) in [6.45, 7) is 0.626. The second-order valence-corrected chi connectivity index (χ2v) is 10.2. The van der Waals surface area contributed by atoms with Gasteiger partial charge in [0.2, 0.25) is 5.91 Å². The summed E-state index contributed by atoms with van der Waals surface area (Å²) >= 11 is 7.60. The molecule has 2 atom stereocenters. The number of thioether (sulfide) groups is 1. The Bertz CT molecular complexity index is 1010. The summed E-state index contributed by atoms with van der Waals surface area (Å²) in [5.41, 5.74) is 2.07. The van der Waals surface area contributed by atoms with Gasteiger partial charge in [0.15, 0.2) is 0 Å². The first-order valence-corrected chi connectivity index (χ1v) is 12.6. The Morgan fingerprint density at radius 2 is 1.88 bits per heavy atom. The van der Waals surface area contributed by atoms with E-state index in [1.165, 1.54) is 6.42 Å². The zero-order valence-electron chi connectivity index (χ0n) is 18.8. The summed E-state index contributed by atoms with van der Waals surface area (Å²) in [6.07, 6.45) is 6.94. The van der Waals surface area contributed by atoms with Gasteiger partial charge in [-0.2, -0.15) is 0 Å². The Hall–Kier alpha value is -2.44. The summed E-state index contributed by atoms with van der Waals surface area (Å²) in [6, 6.07) is 15.4. The fourth-order valence-electron chi connectivity index (χ4n) is 4.42. The topological polar surface area (TPSA) is 58.6 Å². The number of hydrogen-bond acceptors (Lipinski definition) is 4. The van der Waals surface area contributed by atoms with Crippen molar-refractivity contribution in [2.45, 2.75) is 43.4 Å². The third-order valence-electron chi connectivity index (χ3n) is 6.19. The lowest BCUT2D eigenvalue weighted by atomic mass is 9.93. The van der Waals surface area contributed by atoms with E-state index < -0.39 is 0 Å². The van der Waals surface area contributed by atoms with Crippen LogP contribution in [0.2, 0.25) is 5.02 Å². The fraction of sp³-hybridized carbons (Fsp3) is 0.385. The highest BCUT2D eigenvalue weighted by atomic mass is 35.5. The minimum Gasteiger partial charge on any atom is -0.497 e. The van der Waals surface area contributed by atoms with Crippen LogP contribution in [0.25, 0.3) is 6.08 Å². The van der Waals surface area contributed by atoms with Gasteiger partial charge >= 0.3 is 0 Å². The van der Waals surface area contributed by atoms with E-state index in [2.05, 4.69) is 5.32 Å². The number of halogens is 1. The van der Waals surface area contributed by atoms with Gasteiger partial charge in [-0.25, -0.2) is 0 Å². The molecule has 1 saturated heterocycles. The number of nitrogens with zero attached hydrogens (tertiary/aromatic N) is 1. The lowest BCUT2D eigenvalue weighted by Crippen LogP contribution is -2.54. The Morgan fingerprint density at radius 1 is 1.15 bits per heavy atom. The Labute approximate surface area is 204 Å². The number of ether oxygens (including phenoxy) is 1. The molecule has 5 nitrogen and oxygen atoms in total. The summed E-state index contributed by atoms with van der Waals surface area (Å²) in [7, 11) is 1.63. The molecule has 33 heavy (non-hydrogen) atoms. The molecule has 2 unspecified atom stereocenters. The highest BCUT2D eigenvalue weighted by Crippen LogP contribution is 2.42. The number of rotatable bonds is 7. The van der Waals surface area contributed by atoms with Gasteiger partial charge in [0.05, 0.1) is 12.0 Å². The van der Waals surface area contributed by atoms with Crippen LogP contribution in [-0.4, -0.2) is 48.2 Å². The molecule has 0 radical (unpaired) electrons. The lowest BCUT2D eigenvalue weighted by molar-refractivity contribution is -0.135. The molecule has 2 fully saturated rings. The van der Waals surface area contributed by atoms with Crippen LogP contribution >= 0.6 is 23.4 Å². The third kappa shape index (κ3) is 6.12. The maximum atomic E-state index is 13.4. The normalized spacial score (nSPS) is 21.6. The second kappa shape index (κ2) is 11.1. The van der Waals surface area contributed by atoms with E-state index in [4.69, 9.17) is 16.3 Å². The number of methoxy groups -OCH3 is 1. The van der Waals surface area contributed by atoms with Crippen molar-refractivity contribution in [1.82, 2.24) is 10.2 Å². The van der Waals surface area contributed by atoms with Crippen LogP contribution in [-0.2, 0) is 16.0 Å². The predicted octanol–water partition coefficient (Wildman–Crippen LogP) is 4.94. The summed E-state index contributed by atoms with van der Waals surface area (Å²) in [5, 5.41) is 4.02. The van der Waals surface area contributed by atoms with E-state index in [0.29, 0.717) is 21.7 Å². The largest absolute Gasteiger partial charge is 0.497 e. The Morgan fingerprint density at radius 3 is 2.61 bits per heavy atom. The van der Waals surface area contributed by atoms with Gasteiger partial charge in [0.1, 0.15) is 12.3 Å². The van der Waals surface area contributed by atoms with Crippen LogP contribution in [0.4, 0.5) is 0 Å². The first-order chi connectivity index (χ1) is 16.0. The van der Waals surface area contributed by atoms with E-state index in [-0.39, 0.29) is 24.4 Å². The number of fused-ring (bicyclic) bond motifs is 1. The maximum Gasteiger partial charge on any atom is 0.261 e. The van der Waals surface area contributed by atoms with Gasteiger partial charge in [0, 0.05) is 22.9 Å². The number of hydrogen-bond donors (Lipinski definition) is 1. The monoisotopic (exact) mass is 484 g/mol. The van der Waals surface area contributed by atoms with Crippen molar-refractivity contribution in [2.24, 2.45) is 0 Å². The SMILES string of the molecule is COc1ccc(/C=C2\SC3CCCCC3N(CC(=O)NCCc3ccc(Cl)cc3)C2=O)cc1. The van der Waals surface area contributed by atoms with Crippen LogP contribution in [0.1, 0.15) is 36.8 Å². The van der Waals surface area contributed by atoms with E-state index in [0.717, 1.165) is 42.6 Å². The molecule has 0 aromatic heterocycles. The third-order valence-corrected chi connectivity index (χ3v) is 7.85. The average molecular weight is 485 g/mol. The van der Waals surface area contributed by atoms with Gasteiger partial charge < -0.3 is 15.0 Å². The van der Waals surface area contributed by atoms with Crippen LogP contribution in [0.15, 0.2) is 53.4 Å². The summed E-state index contributed by atoms with van der Waals surface area (Å²) < 4.78 is 5.23. The van der Waals surface area contributed by atoms with E-state index in [9.17, 15) is 9.59 Å². The lowest BCUT2D eigenvalue weighted by Gasteiger charge is -2.43. The molecule has 0 bridgehead atoms. The summed E-state index contributed by atoms with van der Waals surface area (Å²) in [4.78, 5) is 28.6. The molecular formula is C26H29ClN2O3S. The van der Waals surface area contributed by atoms with Crippen molar-refractivity contribution >= 4 is 41.3 Å². The molecule has 1 aliphatic carbocycles. The Balaban J connectivity index is 1.42. The molecule has 2 aliphatic rings. The van der Waals surface area contributed by atoms with Crippen molar-refractivity contribution in [2.75, 3.05) is 20.2 Å². The van der Waals surface area contributed by atoms with Gasteiger partial charge in [-0.1, -0.05) is 48.7 Å². The molecule has 0 spiro atoms. The second-order valence-electron chi connectivity index (χ2n) is 8.45. The van der Waals surface area contributed by atoms with Gasteiger partial charge in [-0.05, 0) is 60.7 Å². The maximum absolute atomic E-state index is 13.4. The zero-order chi connectivity index (χ0) is 23.2. The molecule has 1 saturated carbocycles. The van der Waals surface area contributed by atoms with Gasteiger partial charge in [0.25, 0.3) is 5.91 Å². The number of carbonyl (C=O) groups excluding carboxylic acids is 2. The highest BCUT2D eigenvalue weighted by molar-refractivity contribution is 8.04. The first-order valence-electron chi connectivity index (χ1n) is 11.4. The average Bonchev–Trinajstić information content (AvgIpc) is 2.83. The van der Waals surface area contributed by atoms with Crippen molar-refractivity contribution in [3.8, 4) is 5.75 Å².